The Hall–Kier alpha value is -1.89. The largest absolute Gasteiger partial charge is 0.434 e. The van der Waals surface area contributed by atoms with Crippen molar-refractivity contribution in [3.05, 3.63) is 29.8 Å². The van der Waals surface area contributed by atoms with E-state index in [4.69, 9.17) is 10.5 Å². The molecule has 1 aliphatic heterocycles. The molecule has 5 nitrogen and oxygen atoms in total. The number of nitrogens with two attached hydrogens (primary N) is 1. The first-order chi connectivity index (χ1) is 9.63. The summed E-state index contributed by atoms with van der Waals surface area (Å²) in [6.07, 6.45) is 0. The Morgan fingerprint density at radius 1 is 1.45 bits per heavy atom. The number of methoxy groups -OCH3 is 1. The third kappa shape index (κ3) is 3.16. The van der Waals surface area contributed by atoms with E-state index < -0.39 is 6.61 Å². The second kappa shape index (κ2) is 6.51. The number of rotatable bonds is 6. The molecule has 0 aromatic heterocycles. The molecular weight excluding hydrogens is 268 g/mol. The highest BCUT2D eigenvalue weighted by molar-refractivity contribution is 5.80. The van der Waals surface area contributed by atoms with E-state index in [-0.39, 0.29) is 11.8 Å². The Morgan fingerprint density at radius 2 is 2.20 bits per heavy atom. The molecule has 0 spiro atoms. The maximum Gasteiger partial charge on any atom is 0.387 e. The Morgan fingerprint density at radius 3 is 2.90 bits per heavy atom. The summed E-state index contributed by atoms with van der Waals surface area (Å²) in [5, 5.41) is 0. The quantitative estimate of drug-likeness (QED) is 0.862. The van der Waals surface area contributed by atoms with Gasteiger partial charge in [-0.05, 0) is 6.07 Å². The van der Waals surface area contributed by atoms with Crippen molar-refractivity contribution in [2.45, 2.75) is 12.7 Å². The van der Waals surface area contributed by atoms with Gasteiger partial charge in [0.2, 0.25) is 0 Å². The number of halogens is 2. The fourth-order valence-electron chi connectivity index (χ4n) is 2.21. The number of ether oxygens (including phenoxy) is 2. The third-order valence-corrected chi connectivity index (χ3v) is 3.13. The van der Waals surface area contributed by atoms with Crippen LogP contribution in [0.3, 0.4) is 0 Å². The molecule has 0 saturated carbocycles. The van der Waals surface area contributed by atoms with Crippen molar-refractivity contribution >= 4 is 5.96 Å². The average Bonchev–Trinajstić information content (AvgIpc) is 2.77. The zero-order valence-corrected chi connectivity index (χ0v) is 11.1. The molecular formula is C13H17F2N3O2. The molecule has 0 aliphatic carbocycles. The van der Waals surface area contributed by atoms with Gasteiger partial charge in [-0.1, -0.05) is 18.2 Å². The van der Waals surface area contributed by atoms with Gasteiger partial charge >= 0.3 is 6.61 Å². The zero-order chi connectivity index (χ0) is 14.5. The molecule has 1 atom stereocenters. The number of hydrogen-bond donors (Lipinski definition) is 1. The summed E-state index contributed by atoms with van der Waals surface area (Å²) < 4.78 is 34.5. The molecule has 20 heavy (non-hydrogen) atoms. The lowest BCUT2D eigenvalue weighted by Gasteiger charge is -2.27. The molecule has 110 valence electrons. The van der Waals surface area contributed by atoms with Crippen LogP contribution in [0.2, 0.25) is 0 Å². The summed E-state index contributed by atoms with van der Waals surface area (Å²) in [7, 11) is 1.59. The van der Waals surface area contributed by atoms with Gasteiger partial charge in [-0.3, -0.25) is 4.99 Å². The first kappa shape index (κ1) is 14.5. The highest BCUT2D eigenvalue weighted by Gasteiger charge is 2.29. The van der Waals surface area contributed by atoms with E-state index in [0.717, 1.165) is 0 Å². The van der Waals surface area contributed by atoms with Crippen LogP contribution < -0.4 is 10.5 Å². The molecule has 2 rings (SSSR count). The van der Waals surface area contributed by atoms with E-state index >= 15 is 0 Å². The van der Waals surface area contributed by atoms with Crippen molar-refractivity contribution in [3.8, 4) is 5.75 Å². The van der Waals surface area contributed by atoms with Crippen LogP contribution in [-0.4, -0.2) is 44.3 Å². The second-order valence-corrected chi connectivity index (χ2v) is 4.32. The van der Waals surface area contributed by atoms with Crippen LogP contribution in [0.1, 0.15) is 11.6 Å². The number of nitrogens with zero attached hydrogens (tertiary/aromatic N) is 2. The van der Waals surface area contributed by atoms with Crippen LogP contribution in [0.5, 0.6) is 5.75 Å². The molecule has 1 unspecified atom stereocenters. The van der Waals surface area contributed by atoms with Crippen molar-refractivity contribution in [1.29, 1.82) is 0 Å². The Balaban J connectivity index is 2.22. The van der Waals surface area contributed by atoms with Crippen molar-refractivity contribution in [2.75, 3.05) is 26.8 Å². The number of alkyl halides is 2. The van der Waals surface area contributed by atoms with Gasteiger partial charge in [0.25, 0.3) is 0 Å². The van der Waals surface area contributed by atoms with E-state index in [0.29, 0.717) is 31.2 Å². The van der Waals surface area contributed by atoms with E-state index in [9.17, 15) is 8.78 Å². The highest BCUT2D eigenvalue weighted by Crippen LogP contribution is 2.32. The topological polar surface area (TPSA) is 60.1 Å². The lowest BCUT2D eigenvalue weighted by Crippen LogP contribution is -2.38. The normalized spacial score (nSPS) is 18.5. The lowest BCUT2D eigenvalue weighted by atomic mass is 10.1. The molecule has 7 heteroatoms. The lowest BCUT2D eigenvalue weighted by molar-refractivity contribution is -0.0509. The molecule has 0 amide bonds. The average molecular weight is 285 g/mol. The molecule has 2 N–H and O–H groups in total. The minimum absolute atomic E-state index is 0.153. The van der Waals surface area contributed by atoms with Gasteiger partial charge in [0, 0.05) is 19.2 Å². The van der Waals surface area contributed by atoms with Crippen LogP contribution >= 0.6 is 0 Å². The molecule has 1 heterocycles. The zero-order valence-electron chi connectivity index (χ0n) is 11.1. The first-order valence-electron chi connectivity index (χ1n) is 6.22. The summed E-state index contributed by atoms with van der Waals surface area (Å²) in [5.41, 5.74) is 6.48. The fourth-order valence-corrected chi connectivity index (χ4v) is 2.21. The van der Waals surface area contributed by atoms with Crippen LogP contribution in [-0.2, 0) is 4.74 Å². The number of hydrogen-bond acceptors (Lipinski definition) is 5. The summed E-state index contributed by atoms with van der Waals surface area (Å²) in [6, 6.07) is 6.48. The van der Waals surface area contributed by atoms with E-state index in [1.54, 1.807) is 25.3 Å². The molecule has 1 aromatic rings. The van der Waals surface area contributed by atoms with Crippen molar-refractivity contribution < 1.29 is 18.3 Å². The standard InChI is InChI=1S/C13H17F2N3O2/c1-19-7-6-18-10(8-17-13(18)16)9-4-2-3-5-11(9)20-12(14)15/h2-5,10,12H,6-8H2,1H3,(H2,16,17). The highest BCUT2D eigenvalue weighted by atomic mass is 19.3. The van der Waals surface area contributed by atoms with Crippen molar-refractivity contribution in [3.63, 3.8) is 0 Å². The minimum Gasteiger partial charge on any atom is -0.434 e. The van der Waals surface area contributed by atoms with Gasteiger partial charge < -0.3 is 20.1 Å². The second-order valence-electron chi connectivity index (χ2n) is 4.32. The number of aliphatic imine (C=N–C) groups is 1. The predicted octanol–water partition coefficient (Wildman–Crippen LogP) is 1.61. The first-order valence-corrected chi connectivity index (χ1v) is 6.22. The van der Waals surface area contributed by atoms with Crippen molar-refractivity contribution in [1.82, 2.24) is 4.90 Å². The number of benzene rings is 1. The van der Waals surface area contributed by atoms with Crippen LogP contribution in [0.25, 0.3) is 0 Å². The molecule has 0 radical (unpaired) electrons. The third-order valence-electron chi connectivity index (χ3n) is 3.13. The monoisotopic (exact) mass is 285 g/mol. The summed E-state index contributed by atoms with van der Waals surface area (Å²) in [6.45, 7) is -1.42. The Kier molecular flexibility index (Phi) is 4.73. The van der Waals surface area contributed by atoms with Gasteiger partial charge in [-0.2, -0.15) is 8.78 Å². The SMILES string of the molecule is COCCN1C(N)=NCC1c1ccccc1OC(F)F. The van der Waals surface area contributed by atoms with Gasteiger partial charge in [0.05, 0.1) is 19.2 Å². The summed E-state index contributed by atoms with van der Waals surface area (Å²) in [5.74, 6) is 0.540. The van der Waals surface area contributed by atoms with Gasteiger partial charge in [-0.15, -0.1) is 0 Å². The van der Waals surface area contributed by atoms with E-state index in [2.05, 4.69) is 9.73 Å². The van der Waals surface area contributed by atoms with E-state index in [1.807, 2.05) is 4.90 Å². The smallest absolute Gasteiger partial charge is 0.387 e. The number of guanidine groups is 1. The van der Waals surface area contributed by atoms with Crippen LogP contribution in [0.4, 0.5) is 8.78 Å². The van der Waals surface area contributed by atoms with Gasteiger partial charge in [0.1, 0.15) is 5.75 Å². The van der Waals surface area contributed by atoms with E-state index in [1.165, 1.54) is 6.07 Å². The summed E-state index contributed by atoms with van der Waals surface area (Å²) >= 11 is 0. The minimum atomic E-state index is -2.86. The van der Waals surface area contributed by atoms with Crippen molar-refractivity contribution in [2.24, 2.45) is 10.7 Å². The number of para-hydroxylation sites is 1. The molecule has 1 aliphatic rings. The molecule has 1 aromatic carbocycles. The summed E-state index contributed by atoms with van der Waals surface area (Å²) in [4.78, 5) is 6.00. The predicted molar refractivity (Wildman–Crippen MR) is 70.9 cm³/mol. The van der Waals surface area contributed by atoms with Gasteiger partial charge in [0.15, 0.2) is 5.96 Å². The van der Waals surface area contributed by atoms with Crippen LogP contribution in [0.15, 0.2) is 29.3 Å². The fraction of sp³-hybridized carbons (Fsp3) is 0.462. The Labute approximate surface area is 116 Å². The maximum absolute atomic E-state index is 12.5. The molecule has 0 bridgehead atoms. The Bertz CT molecular complexity index is 482. The van der Waals surface area contributed by atoms with Gasteiger partial charge in [-0.25, -0.2) is 0 Å². The molecule has 0 fully saturated rings. The molecule has 0 saturated heterocycles. The van der Waals surface area contributed by atoms with Crippen LogP contribution in [0, 0.1) is 0 Å². The maximum atomic E-state index is 12.5.